The Balaban J connectivity index is 1.30. The summed E-state index contributed by atoms with van der Waals surface area (Å²) in [7, 11) is 0. The van der Waals surface area contributed by atoms with Gasteiger partial charge in [-0.15, -0.1) is 0 Å². The molecule has 59 heavy (non-hydrogen) atoms. The number of rotatable bonds is 20. The molecule has 2 atom stereocenters. The second kappa shape index (κ2) is 20.5. The summed E-state index contributed by atoms with van der Waals surface area (Å²) in [4.78, 5) is 50.1. The number of ether oxygens (including phenoxy) is 3. The lowest BCUT2D eigenvalue weighted by atomic mass is 10.1. The van der Waals surface area contributed by atoms with E-state index in [4.69, 9.17) is 41.2 Å². The van der Waals surface area contributed by atoms with Crippen LogP contribution < -0.4 is 42.2 Å². The number of aromatic nitrogens is 5. The Labute approximate surface area is 337 Å². The van der Waals surface area contributed by atoms with Crippen molar-refractivity contribution in [2.75, 3.05) is 37.0 Å². The summed E-state index contributed by atoms with van der Waals surface area (Å²) in [5.41, 5.74) is 12.4. The van der Waals surface area contributed by atoms with Gasteiger partial charge in [-0.05, 0) is 38.8 Å². The van der Waals surface area contributed by atoms with E-state index in [1.54, 1.807) is 43.3 Å². The molecule has 2 amide bonds. The predicted octanol–water partition coefficient (Wildman–Crippen LogP) is 3.72. The van der Waals surface area contributed by atoms with Crippen molar-refractivity contribution in [3.05, 3.63) is 78.1 Å². The molecular formula is C39H46F2N12O6. The van der Waals surface area contributed by atoms with Gasteiger partial charge in [-0.1, -0.05) is 18.2 Å². The van der Waals surface area contributed by atoms with Crippen molar-refractivity contribution in [3.8, 4) is 23.0 Å². The van der Waals surface area contributed by atoms with Gasteiger partial charge in [0.05, 0.1) is 44.1 Å². The molecule has 0 saturated heterocycles. The second-order valence-corrected chi connectivity index (χ2v) is 13.2. The van der Waals surface area contributed by atoms with E-state index in [-0.39, 0.29) is 79.2 Å². The van der Waals surface area contributed by atoms with E-state index < -0.39 is 35.6 Å². The highest BCUT2D eigenvalue weighted by Gasteiger charge is 2.22. The molecule has 0 aliphatic rings. The molecule has 9 N–H and O–H groups in total. The van der Waals surface area contributed by atoms with Gasteiger partial charge in [0, 0.05) is 60.9 Å². The number of halogens is 2. The molecule has 2 aromatic carbocycles. The number of benzene rings is 2. The van der Waals surface area contributed by atoms with Crippen LogP contribution in [0.5, 0.6) is 11.5 Å². The van der Waals surface area contributed by atoms with E-state index in [1.165, 1.54) is 30.9 Å². The van der Waals surface area contributed by atoms with Gasteiger partial charge >= 0.3 is 5.97 Å². The van der Waals surface area contributed by atoms with Crippen LogP contribution in [0, 0.1) is 17.0 Å². The van der Waals surface area contributed by atoms with Gasteiger partial charge in [0.25, 0.3) is 0 Å². The molecule has 0 bridgehead atoms. The first kappa shape index (κ1) is 43.2. The normalized spacial score (nSPS) is 12.0. The molecule has 5 rings (SSSR count). The van der Waals surface area contributed by atoms with Gasteiger partial charge in [-0.3, -0.25) is 19.7 Å². The number of hydrogen-bond donors (Lipinski definition) is 7. The molecule has 3 heterocycles. The lowest BCUT2D eigenvalue weighted by Crippen LogP contribution is -2.47. The number of fused-ring (bicyclic) bond motifs is 1. The average molecular weight is 817 g/mol. The third-order valence-electron chi connectivity index (χ3n) is 8.53. The zero-order chi connectivity index (χ0) is 42.5. The average Bonchev–Trinajstić information content (AvgIpc) is 3.56. The van der Waals surface area contributed by atoms with E-state index >= 15 is 8.78 Å². The zero-order valence-corrected chi connectivity index (χ0v) is 32.7. The van der Waals surface area contributed by atoms with Gasteiger partial charge < -0.3 is 46.9 Å². The van der Waals surface area contributed by atoms with Crippen LogP contribution in [0.1, 0.15) is 45.6 Å². The molecular weight excluding hydrogens is 771 g/mol. The van der Waals surface area contributed by atoms with Gasteiger partial charge in [0.1, 0.15) is 34.9 Å². The number of guanidine groups is 1. The van der Waals surface area contributed by atoms with Crippen molar-refractivity contribution in [2.45, 2.75) is 58.7 Å². The summed E-state index contributed by atoms with van der Waals surface area (Å²) in [5.74, 6) is -2.27. The van der Waals surface area contributed by atoms with Gasteiger partial charge in [0.2, 0.25) is 11.8 Å². The fourth-order valence-corrected chi connectivity index (χ4v) is 5.71. The van der Waals surface area contributed by atoms with Crippen molar-refractivity contribution >= 4 is 52.0 Å². The molecule has 3 aromatic heterocycles. The van der Waals surface area contributed by atoms with Crippen LogP contribution >= 0.6 is 0 Å². The highest BCUT2D eigenvalue weighted by molar-refractivity contribution is 5.92. The first-order valence-corrected chi connectivity index (χ1v) is 18.7. The molecule has 0 spiro atoms. The fraction of sp³-hybridized carbons (Fsp3) is 0.333. The standard InChI is InChI=1S/C39H46F2N12O6/c1-4-57-25-18-28(40)27(29(41)19-25)21-53-31-11-6-5-9-26(31)34(52-53)36-47-20-32(35(51-36)50-24-12-14-45-33(17-24)49-23(3)54)58-15-8-16-59-38(56)22(2)48-37(55)30(42)10-7-13-46-39(43)44/h5-6,9,11-12,14,17-20,22,30H,4,7-8,10,13,15-16,21,42H2,1-3H3,(H,48,55)(H4,43,44,46)(H2,45,47,49,50,51,54). The first-order chi connectivity index (χ1) is 28.3. The highest BCUT2D eigenvalue weighted by atomic mass is 19.1. The fourth-order valence-electron chi connectivity index (χ4n) is 5.71. The highest BCUT2D eigenvalue weighted by Crippen LogP contribution is 2.32. The van der Waals surface area contributed by atoms with Crippen LogP contribution in [0.2, 0.25) is 0 Å². The number of nitrogens with one attached hydrogen (secondary N) is 5. The maximum Gasteiger partial charge on any atom is 0.328 e. The number of hydrogen-bond acceptors (Lipinski definition) is 13. The number of nitrogens with two attached hydrogens (primary N) is 2. The molecule has 0 saturated carbocycles. The van der Waals surface area contributed by atoms with Crippen molar-refractivity contribution in [1.29, 1.82) is 5.41 Å². The van der Waals surface area contributed by atoms with E-state index in [9.17, 15) is 14.4 Å². The maximum absolute atomic E-state index is 15.1. The number of carbonyl (C=O) groups is 3. The molecule has 5 aromatic rings. The van der Waals surface area contributed by atoms with Crippen molar-refractivity contribution in [3.63, 3.8) is 0 Å². The summed E-state index contributed by atoms with van der Waals surface area (Å²) in [6.45, 7) is 4.99. The van der Waals surface area contributed by atoms with Crippen LogP contribution in [-0.4, -0.2) is 86.9 Å². The molecule has 0 aliphatic carbocycles. The van der Waals surface area contributed by atoms with Gasteiger partial charge in [0.15, 0.2) is 23.4 Å². The van der Waals surface area contributed by atoms with Gasteiger partial charge in [-0.2, -0.15) is 5.10 Å². The number of para-hydroxylation sites is 1. The molecule has 0 aliphatic heterocycles. The molecule has 0 radical (unpaired) electrons. The third-order valence-corrected chi connectivity index (χ3v) is 8.53. The molecule has 312 valence electrons. The van der Waals surface area contributed by atoms with Crippen LogP contribution in [0.3, 0.4) is 0 Å². The lowest BCUT2D eigenvalue weighted by molar-refractivity contribution is -0.147. The number of pyridine rings is 1. The number of anilines is 3. The van der Waals surface area contributed by atoms with Crippen LogP contribution in [0.15, 0.2) is 60.9 Å². The minimum atomic E-state index is -0.956. The number of carbonyl (C=O) groups excluding carboxylic acids is 3. The zero-order valence-electron chi connectivity index (χ0n) is 32.7. The summed E-state index contributed by atoms with van der Waals surface area (Å²) < 4.78 is 48.4. The molecule has 20 heteroatoms. The second-order valence-electron chi connectivity index (χ2n) is 13.2. The summed E-state index contributed by atoms with van der Waals surface area (Å²) in [6, 6.07) is 10.8. The quantitative estimate of drug-likeness (QED) is 0.0256. The van der Waals surface area contributed by atoms with Gasteiger partial charge in [-0.25, -0.2) is 28.5 Å². The number of nitrogens with zero attached hydrogens (tertiary/aromatic N) is 5. The van der Waals surface area contributed by atoms with E-state index in [0.29, 0.717) is 41.7 Å². The number of esters is 1. The largest absolute Gasteiger partial charge is 0.494 e. The van der Waals surface area contributed by atoms with Crippen LogP contribution in [0.25, 0.3) is 22.4 Å². The summed E-state index contributed by atoms with van der Waals surface area (Å²) in [5, 5.41) is 23.5. The van der Waals surface area contributed by atoms with Crippen molar-refractivity contribution < 1.29 is 37.4 Å². The van der Waals surface area contributed by atoms with E-state index in [0.717, 1.165) is 12.1 Å². The topological polar surface area (TPSA) is 259 Å². The Bertz CT molecular complexity index is 2270. The summed E-state index contributed by atoms with van der Waals surface area (Å²) >= 11 is 0. The maximum atomic E-state index is 15.1. The number of amides is 2. The minimum absolute atomic E-state index is 0.0348. The SMILES string of the molecule is CCOc1cc(F)c(Cn2nc(-c3ncc(OCCCOC(=O)C(C)NC(=O)C(N)CCCNC(=N)N)c(Nc4ccnc(NC(C)=O)c4)n3)c3ccccc32)c(F)c1. The Morgan fingerprint density at radius 2 is 1.78 bits per heavy atom. The Morgan fingerprint density at radius 3 is 2.51 bits per heavy atom. The lowest BCUT2D eigenvalue weighted by Gasteiger charge is -2.17. The Kier molecular flexibility index (Phi) is 15.0. The third kappa shape index (κ3) is 12.0. The smallest absolute Gasteiger partial charge is 0.328 e. The molecule has 2 unspecified atom stereocenters. The molecule has 0 fully saturated rings. The van der Waals surface area contributed by atoms with Crippen molar-refractivity contribution in [1.82, 2.24) is 35.4 Å². The Morgan fingerprint density at radius 1 is 1.02 bits per heavy atom. The van der Waals surface area contributed by atoms with E-state index in [2.05, 4.69) is 31.2 Å². The monoisotopic (exact) mass is 816 g/mol. The van der Waals surface area contributed by atoms with Crippen LogP contribution in [-0.2, 0) is 25.7 Å². The Hall–Kier alpha value is -6.96. The van der Waals surface area contributed by atoms with Crippen LogP contribution in [0.4, 0.5) is 26.1 Å². The first-order valence-electron chi connectivity index (χ1n) is 18.7. The minimum Gasteiger partial charge on any atom is -0.494 e. The van der Waals surface area contributed by atoms with E-state index in [1.807, 2.05) is 0 Å². The summed E-state index contributed by atoms with van der Waals surface area (Å²) in [6.07, 6.45) is 3.99. The molecule has 18 nitrogen and oxygen atoms in total. The predicted molar refractivity (Wildman–Crippen MR) is 215 cm³/mol. The van der Waals surface area contributed by atoms with Crippen molar-refractivity contribution in [2.24, 2.45) is 11.5 Å².